The van der Waals surface area contributed by atoms with Crippen molar-refractivity contribution in [3.8, 4) is 5.75 Å². The van der Waals surface area contributed by atoms with Gasteiger partial charge in [-0.1, -0.05) is 12.1 Å². The Labute approximate surface area is 200 Å². The zero-order valence-electron chi connectivity index (χ0n) is 19.9. The van der Waals surface area contributed by atoms with Gasteiger partial charge in [0.1, 0.15) is 5.75 Å². The van der Waals surface area contributed by atoms with Crippen LogP contribution in [0.4, 0.5) is 5.69 Å². The highest BCUT2D eigenvalue weighted by Crippen LogP contribution is 2.30. The van der Waals surface area contributed by atoms with Gasteiger partial charge in [-0.05, 0) is 93.6 Å². The van der Waals surface area contributed by atoms with Crippen molar-refractivity contribution in [2.45, 2.75) is 45.1 Å². The van der Waals surface area contributed by atoms with Crippen molar-refractivity contribution in [1.29, 1.82) is 0 Å². The third-order valence-corrected chi connectivity index (χ3v) is 6.85. The fourth-order valence-electron chi connectivity index (χ4n) is 4.85. The topological polar surface area (TPSA) is 76.2 Å². The summed E-state index contributed by atoms with van der Waals surface area (Å²) < 4.78 is 10.2. The molecule has 2 fully saturated rings. The first-order chi connectivity index (χ1) is 16.5. The Morgan fingerprint density at radius 1 is 1.00 bits per heavy atom. The lowest BCUT2D eigenvalue weighted by Gasteiger charge is -2.34. The summed E-state index contributed by atoms with van der Waals surface area (Å²) in [6.45, 7) is 3.69. The summed E-state index contributed by atoms with van der Waals surface area (Å²) in [6.07, 6.45) is 4.42. The normalized spacial score (nSPS) is 19.5. The second kappa shape index (κ2) is 10.8. The number of nitrogens with zero attached hydrogens (tertiary/aromatic N) is 2. The third-order valence-electron chi connectivity index (χ3n) is 6.85. The Balaban J connectivity index is 1.30. The molecule has 2 aromatic carbocycles. The monoisotopic (exact) mass is 464 g/mol. The summed E-state index contributed by atoms with van der Waals surface area (Å²) in [6, 6.07) is 14.3. The molecule has 7 nitrogen and oxygen atoms in total. The number of hydrogen-bond acceptors (Lipinski definition) is 6. The number of piperidine rings is 1. The summed E-state index contributed by atoms with van der Waals surface area (Å²) in [5.41, 5.74) is 2.21. The highest BCUT2D eigenvalue weighted by Gasteiger charge is 2.43. The van der Waals surface area contributed by atoms with E-state index in [1.54, 1.807) is 38.3 Å². The molecular formula is C27H32N2O5. The molecule has 0 spiro atoms. The fourth-order valence-corrected chi connectivity index (χ4v) is 4.85. The van der Waals surface area contributed by atoms with Crippen LogP contribution >= 0.6 is 0 Å². The van der Waals surface area contributed by atoms with Crippen molar-refractivity contribution < 1.29 is 23.9 Å². The SMILES string of the molecule is CCOC(=O)c1ccc(N2C(=O)C[C@@H](N3CCC(CCc4ccc(OC)cc4)CC3)C2=O)cc1. The predicted molar refractivity (Wildman–Crippen MR) is 129 cm³/mol. The van der Waals surface area contributed by atoms with E-state index in [4.69, 9.17) is 9.47 Å². The predicted octanol–water partition coefficient (Wildman–Crippen LogP) is 3.85. The van der Waals surface area contributed by atoms with Crippen LogP contribution in [0.25, 0.3) is 0 Å². The number of esters is 1. The molecule has 0 unspecified atom stereocenters. The number of hydrogen-bond donors (Lipinski definition) is 0. The number of ether oxygens (including phenoxy) is 2. The summed E-state index contributed by atoms with van der Waals surface area (Å²) >= 11 is 0. The smallest absolute Gasteiger partial charge is 0.338 e. The van der Waals surface area contributed by atoms with Crippen molar-refractivity contribution in [2.75, 3.05) is 31.7 Å². The number of imide groups is 1. The first-order valence-electron chi connectivity index (χ1n) is 12.0. The van der Waals surface area contributed by atoms with Crippen molar-refractivity contribution in [2.24, 2.45) is 5.92 Å². The molecular weight excluding hydrogens is 432 g/mol. The van der Waals surface area contributed by atoms with E-state index >= 15 is 0 Å². The molecule has 2 amide bonds. The number of likely N-dealkylation sites (tertiary alicyclic amines) is 1. The van der Waals surface area contributed by atoms with Crippen LogP contribution in [-0.2, 0) is 20.7 Å². The molecule has 34 heavy (non-hydrogen) atoms. The van der Waals surface area contributed by atoms with Gasteiger partial charge < -0.3 is 9.47 Å². The van der Waals surface area contributed by atoms with Crippen LogP contribution in [0.2, 0.25) is 0 Å². The quantitative estimate of drug-likeness (QED) is 0.436. The number of amides is 2. The van der Waals surface area contributed by atoms with Crippen molar-refractivity contribution in [1.82, 2.24) is 4.90 Å². The van der Waals surface area contributed by atoms with Gasteiger partial charge in [0.15, 0.2) is 0 Å². The van der Waals surface area contributed by atoms with Crippen molar-refractivity contribution in [3.05, 3.63) is 59.7 Å². The molecule has 4 rings (SSSR count). The molecule has 2 aliphatic heterocycles. The maximum Gasteiger partial charge on any atom is 0.338 e. The molecule has 0 radical (unpaired) electrons. The molecule has 0 bridgehead atoms. The molecule has 2 heterocycles. The first-order valence-corrected chi connectivity index (χ1v) is 12.0. The van der Waals surface area contributed by atoms with E-state index in [1.807, 2.05) is 12.1 Å². The van der Waals surface area contributed by atoms with E-state index < -0.39 is 12.0 Å². The number of methoxy groups -OCH3 is 1. The van der Waals surface area contributed by atoms with Crippen LogP contribution in [0, 0.1) is 5.92 Å². The molecule has 2 saturated heterocycles. The maximum atomic E-state index is 13.1. The minimum atomic E-state index is -0.416. The zero-order valence-corrected chi connectivity index (χ0v) is 19.9. The molecule has 1 atom stereocenters. The van der Waals surface area contributed by atoms with Crippen LogP contribution in [-0.4, -0.2) is 55.5 Å². The third kappa shape index (κ3) is 5.30. The lowest BCUT2D eigenvalue weighted by molar-refractivity contribution is -0.123. The van der Waals surface area contributed by atoms with E-state index in [-0.39, 0.29) is 18.2 Å². The van der Waals surface area contributed by atoms with Crippen LogP contribution in [0.15, 0.2) is 48.5 Å². The minimum absolute atomic E-state index is 0.175. The number of carbonyl (C=O) groups is 3. The van der Waals surface area contributed by atoms with Crippen molar-refractivity contribution in [3.63, 3.8) is 0 Å². The van der Waals surface area contributed by atoms with Crippen LogP contribution in [0.5, 0.6) is 5.75 Å². The van der Waals surface area contributed by atoms with E-state index in [0.29, 0.717) is 23.8 Å². The van der Waals surface area contributed by atoms with Gasteiger partial charge in [-0.15, -0.1) is 0 Å². The second-order valence-electron chi connectivity index (χ2n) is 8.92. The Kier molecular flexibility index (Phi) is 7.63. The molecule has 0 aliphatic carbocycles. The van der Waals surface area contributed by atoms with Gasteiger partial charge in [-0.2, -0.15) is 0 Å². The van der Waals surface area contributed by atoms with Crippen molar-refractivity contribution >= 4 is 23.5 Å². The van der Waals surface area contributed by atoms with E-state index in [1.165, 1.54) is 10.5 Å². The fraction of sp³-hybridized carbons (Fsp3) is 0.444. The number of anilines is 1. The van der Waals surface area contributed by atoms with E-state index in [2.05, 4.69) is 17.0 Å². The zero-order chi connectivity index (χ0) is 24.1. The molecule has 180 valence electrons. The minimum Gasteiger partial charge on any atom is -0.497 e. The first kappa shape index (κ1) is 24.0. The van der Waals surface area contributed by atoms with Crippen LogP contribution < -0.4 is 9.64 Å². The van der Waals surface area contributed by atoms with Gasteiger partial charge in [0.25, 0.3) is 5.91 Å². The van der Waals surface area contributed by atoms with E-state index in [0.717, 1.165) is 44.5 Å². The second-order valence-corrected chi connectivity index (χ2v) is 8.92. The Bertz CT molecular complexity index is 1010. The molecule has 0 N–H and O–H groups in total. The van der Waals surface area contributed by atoms with E-state index in [9.17, 15) is 14.4 Å². The Hall–Kier alpha value is -3.19. The largest absolute Gasteiger partial charge is 0.497 e. The van der Waals surface area contributed by atoms with Gasteiger partial charge in [0, 0.05) is 0 Å². The van der Waals surface area contributed by atoms with Gasteiger partial charge in [0.05, 0.1) is 37.4 Å². The van der Waals surface area contributed by atoms with Gasteiger partial charge in [-0.3, -0.25) is 14.5 Å². The summed E-state index contributed by atoms with van der Waals surface area (Å²) in [5.74, 6) is 0.709. The molecule has 0 saturated carbocycles. The number of aryl methyl sites for hydroxylation is 1. The number of benzene rings is 2. The lowest BCUT2D eigenvalue weighted by Crippen LogP contribution is -2.46. The van der Waals surface area contributed by atoms with Crippen LogP contribution in [0.1, 0.15) is 48.5 Å². The molecule has 7 heteroatoms. The average molecular weight is 465 g/mol. The van der Waals surface area contributed by atoms with Crippen LogP contribution in [0.3, 0.4) is 0 Å². The number of carbonyl (C=O) groups excluding carboxylic acids is 3. The average Bonchev–Trinajstić information content (AvgIpc) is 3.17. The molecule has 0 aromatic heterocycles. The standard InChI is InChI=1S/C27H32N2O5/c1-3-34-27(32)21-8-10-22(11-9-21)29-25(30)18-24(26(29)31)28-16-14-20(15-17-28)5-4-19-6-12-23(33-2)13-7-19/h6-13,20,24H,3-5,14-18H2,1-2H3/t24-/m1/s1. The summed E-state index contributed by atoms with van der Waals surface area (Å²) in [7, 11) is 1.67. The van der Waals surface area contributed by atoms with Gasteiger partial charge >= 0.3 is 5.97 Å². The molecule has 2 aromatic rings. The Morgan fingerprint density at radius 2 is 1.68 bits per heavy atom. The Morgan fingerprint density at radius 3 is 2.29 bits per heavy atom. The van der Waals surface area contributed by atoms with Gasteiger partial charge in [-0.25, -0.2) is 9.69 Å². The summed E-state index contributed by atoms with van der Waals surface area (Å²) in [5, 5.41) is 0. The number of rotatable bonds is 8. The molecule has 2 aliphatic rings. The highest BCUT2D eigenvalue weighted by atomic mass is 16.5. The highest BCUT2D eigenvalue weighted by molar-refractivity contribution is 6.22. The lowest BCUT2D eigenvalue weighted by atomic mass is 9.90. The maximum absolute atomic E-state index is 13.1. The summed E-state index contributed by atoms with van der Waals surface area (Å²) in [4.78, 5) is 41.1. The van der Waals surface area contributed by atoms with Gasteiger partial charge in [0.2, 0.25) is 5.91 Å².